The molecule has 0 bridgehead atoms. The zero-order chi connectivity index (χ0) is 14.5. The van der Waals surface area contributed by atoms with Gasteiger partial charge in [0, 0.05) is 16.6 Å². The quantitative estimate of drug-likeness (QED) is 0.747. The first-order valence-corrected chi connectivity index (χ1v) is 7.32. The zero-order valence-electron chi connectivity index (χ0n) is 13.0. The van der Waals surface area contributed by atoms with Crippen molar-refractivity contribution in [2.24, 2.45) is 0 Å². The smallest absolute Gasteiger partial charge is 0.0347 e. The molecule has 3 rings (SSSR count). The fourth-order valence-corrected chi connectivity index (χ4v) is 3.22. The van der Waals surface area contributed by atoms with Gasteiger partial charge in [0.15, 0.2) is 0 Å². The van der Waals surface area contributed by atoms with Gasteiger partial charge >= 0.3 is 0 Å². The topological polar surface area (TPSA) is 12.0 Å². The maximum Gasteiger partial charge on any atom is 0.0347 e. The molecule has 0 aromatic heterocycles. The average Bonchev–Trinajstić information content (AvgIpc) is 2.58. The molecule has 1 N–H and O–H groups in total. The maximum atomic E-state index is 3.58. The second kappa shape index (κ2) is 4.12. The van der Waals surface area contributed by atoms with Crippen molar-refractivity contribution in [1.29, 1.82) is 0 Å². The van der Waals surface area contributed by atoms with Crippen LogP contribution in [0, 0.1) is 0 Å². The minimum atomic E-state index is 0.0848. The highest BCUT2D eigenvalue weighted by molar-refractivity contribution is 5.82. The third kappa shape index (κ3) is 2.02. The van der Waals surface area contributed by atoms with Gasteiger partial charge in [-0.05, 0) is 55.2 Å². The van der Waals surface area contributed by atoms with Gasteiger partial charge in [0.1, 0.15) is 0 Å². The van der Waals surface area contributed by atoms with Crippen LogP contribution in [0.5, 0.6) is 0 Å². The first kappa shape index (κ1) is 13.2. The molecule has 1 aliphatic carbocycles. The second-order valence-electron chi connectivity index (χ2n) is 7.31. The van der Waals surface area contributed by atoms with Crippen molar-refractivity contribution in [3.63, 3.8) is 0 Å². The number of fused-ring (bicyclic) bond motifs is 3. The third-order valence-electron chi connectivity index (χ3n) is 4.10. The Bertz CT molecular complexity index is 660. The van der Waals surface area contributed by atoms with Gasteiger partial charge < -0.3 is 5.32 Å². The monoisotopic (exact) mass is 265 g/mol. The Morgan fingerprint density at radius 1 is 0.850 bits per heavy atom. The van der Waals surface area contributed by atoms with E-state index < -0.39 is 0 Å². The summed E-state index contributed by atoms with van der Waals surface area (Å²) >= 11 is 0. The molecule has 104 valence electrons. The van der Waals surface area contributed by atoms with Crippen molar-refractivity contribution in [2.45, 2.75) is 45.6 Å². The van der Waals surface area contributed by atoms with Crippen molar-refractivity contribution < 1.29 is 0 Å². The number of benzene rings is 2. The molecule has 0 saturated heterocycles. The number of nitrogens with one attached hydrogen (secondary N) is 1. The van der Waals surface area contributed by atoms with E-state index in [1.165, 1.54) is 27.9 Å². The molecule has 1 heteroatoms. The van der Waals surface area contributed by atoms with E-state index in [-0.39, 0.29) is 11.0 Å². The molecule has 1 aliphatic rings. The molecule has 0 amide bonds. The van der Waals surface area contributed by atoms with Gasteiger partial charge in [0.25, 0.3) is 0 Å². The van der Waals surface area contributed by atoms with E-state index in [4.69, 9.17) is 0 Å². The lowest BCUT2D eigenvalue weighted by molar-refractivity contribution is 0.631. The molecule has 0 radical (unpaired) electrons. The van der Waals surface area contributed by atoms with Gasteiger partial charge in [-0.25, -0.2) is 0 Å². The third-order valence-corrected chi connectivity index (χ3v) is 4.10. The maximum absolute atomic E-state index is 3.58. The largest absolute Gasteiger partial charge is 0.380 e. The van der Waals surface area contributed by atoms with Crippen LogP contribution in [-0.2, 0) is 5.41 Å². The highest BCUT2D eigenvalue weighted by atomic mass is 14.9. The van der Waals surface area contributed by atoms with Gasteiger partial charge in [-0.1, -0.05) is 44.2 Å². The summed E-state index contributed by atoms with van der Waals surface area (Å²) < 4.78 is 0. The Labute approximate surface area is 122 Å². The Balaban J connectivity index is 2.13. The van der Waals surface area contributed by atoms with Gasteiger partial charge in [-0.3, -0.25) is 0 Å². The van der Waals surface area contributed by atoms with Crippen molar-refractivity contribution in [3.8, 4) is 11.1 Å². The number of rotatable bonds is 1. The van der Waals surface area contributed by atoms with Crippen LogP contribution in [-0.4, -0.2) is 5.54 Å². The fourth-order valence-electron chi connectivity index (χ4n) is 3.22. The van der Waals surface area contributed by atoms with E-state index >= 15 is 0 Å². The molecule has 0 unspecified atom stereocenters. The Morgan fingerprint density at radius 2 is 1.50 bits per heavy atom. The lowest BCUT2D eigenvalue weighted by Crippen LogP contribution is -2.26. The molecule has 2 aromatic carbocycles. The average molecular weight is 265 g/mol. The van der Waals surface area contributed by atoms with Crippen LogP contribution >= 0.6 is 0 Å². The van der Waals surface area contributed by atoms with Crippen LogP contribution in [0.25, 0.3) is 11.1 Å². The van der Waals surface area contributed by atoms with E-state index in [1.54, 1.807) is 0 Å². The van der Waals surface area contributed by atoms with Crippen molar-refractivity contribution >= 4 is 5.69 Å². The normalized spacial score (nSPS) is 15.7. The lowest BCUT2D eigenvalue weighted by atomic mass is 9.82. The van der Waals surface area contributed by atoms with E-state index in [2.05, 4.69) is 82.4 Å². The molecule has 0 spiro atoms. The van der Waals surface area contributed by atoms with E-state index in [1.807, 2.05) is 0 Å². The number of anilines is 1. The van der Waals surface area contributed by atoms with Crippen LogP contribution in [0.4, 0.5) is 5.69 Å². The predicted molar refractivity (Wildman–Crippen MR) is 87.4 cm³/mol. The molecule has 2 aromatic rings. The van der Waals surface area contributed by atoms with Crippen LogP contribution in [0.2, 0.25) is 0 Å². The van der Waals surface area contributed by atoms with Crippen LogP contribution < -0.4 is 5.32 Å². The second-order valence-corrected chi connectivity index (χ2v) is 7.31. The molecule has 1 nitrogen and oxygen atoms in total. The Kier molecular flexibility index (Phi) is 2.72. The standard InChI is InChI=1S/C19H23N/c1-18(2,3)20-13-10-11-15-14-8-6-7-9-16(14)19(4,5)17(15)12-13/h6-12,20H,1-5H3. The Hall–Kier alpha value is -1.76. The number of hydrogen-bond acceptors (Lipinski definition) is 1. The van der Waals surface area contributed by atoms with Gasteiger partial charge in [-0.15, -0.1) is 0 Å². The summed E-state index contributed by atoms with van der Waals surface area (Å²) in [4.78, 5) is 0. The summed E-state index contributed by atoms with van der Waals surface area (Å²) in [5.41, 5.74) is 7.00. The Morgan fingerprint density at radius 3 is 2.20 bits per heavy atom. The van der Waals surface area contributed by atoms with Crippen molar-refractivity contribution in [3.05, 3.63) is 53.6 Å². The highest BCUT2D eigenvalue weighted by Gasteiger charge is 2.35. The molecule has 0 atom stereocenters. The lowest BCUT2D eigenvalue weighted by Gasteiger charge is -2.25. The van der Waals surface area contributed by atoms with E-state index in [9.17, 15) is 0 Å². The molecule has 0 saturated carbocycles. The van der Waals surface area contributed by atoms with Crippen LogP contribution in [0.3, 0.4) is 0 Å². The summed E-state index contributed by atoms with van der Waals surface area (Å²) in [6, 6.07) is 15.5. The molecule has 0 heterocycles. The first-order chi connectivity index (χ1) is 9.29. The van der Waals surface area contributed by atoms with Crippen LogP contribution in [0.1, 0.15) is 45.7 Å². The molecule has 0 aliphatic heterocycles. The minimum Gasteiger partial charge on any atom is -0.380 e. The van der Waals surface area contributed by atoms with Crippen molar-refractivity contribution in [2.75, 3.05) is 5.32 Å². The van der Waals surface area contributed by atoms with Gasteiger partial charge in [0.2, 0.25) is 0 Å². The minimum absolute atomic E-state index is 0.0848. The molecule has 20 heavy (non-hydrogen) atoms. The fraction of sp³-hybridized carbons (Fsp3) is 0.368. The summed E-state index contributed by atoms with van der Waals surface area (Å²) in [6.45, 7) is 11.2. The van der Waals surface area contributed by atoms with E-state index in [0.29, 0.717) is 0 Å². The molecule has 0 fully saturated rings. The van der Waals surface area contributed by atoms with Gasteiger partial charge in [-0.2, -0.15) is 0 Å². The molecular formula is C19H23N. The summed E-state index contributed by atoms with van der Waals surface area (Å²) in [7, 11) is 0. The number of hydrogen-bond donors (Lipinski definition) is 1. The highest BCUT2D eigenvalue weighted by Crippen LogP contribution is 2.49. The summed E-state index contributed by atoms with van der Waals surface area (Å²) in [5.74, 6) is 0. The molecular weight excluding hydrogens is 242 g/mol. The summed E-state index contributed by atoms with van der Waals surface area (Å²) in [5, 5.41) is 3.58. The summed E-state index contributed by atoms with van der Waals surface area (Å²) in [6.07, 6.45) is 0. The predicted octanol–water partition coefficient (Wildman–Crippen LogP) is 5.20. The van der Waals surface area contributed by atoms with Gasteiger partial charge in [0.05, 0.1) is 0 Å². The van der Waals surface area contributed by atoms with E-state index in [0.717, 1.165) is 0 Å². The zero-order valence-corrected chi connectivity index (χ0v) is 13.0. The SMILES string of the molecule is CC(C)(C)Nc1ccc2c(c1)C(C)(C)c1ccccc1-2. The first-order valence-electron chi connectivity index (χ1n) is 7.32. The van der Waals surface area contributed by atoms with Crippen molar-refractivity contribution in [1.82, 2.24) is 0 Å². The van der Waals surface area contributed by atoms with Crippen LogP contribution in [0.15, 0.2) is 42.5 Å².